The number of aromatic nitrogens is 4. The van der Waals surface area contributed by atoms with Gasteiger partial charge in [-0.3, -0.25) is 32.9 Å². The number of benzene rings is 1. The molecule has 2 aromatic heterocycles. The molecule has 76 heavy (non-hydrogen) atoms. The molecule has 1 aliphatic heterocycles. The summed E-state index contributed by atoms with van der Waals surface area (Å²) in [6.45, 7) is 3.70. The predicted molar refractivity (Wildman–Crippen MR) is 263 cm³/mol. The molecule has 0 spiro atoms. The summed E-state index contributed by atoms with van der Waals surface area (Å²) in [5, 5.41) is 35.9. The number of nitrogens with one attached hydrogen (secondary N) is 2. The van der Waals surface area contributed by atoms with Crippen LogP contribution < -0.4 is 35.9 Å². The van der Waals surface area contributed by atoms with Crippen LogP contribution in [0.15, 0.2) is 36.9 Å². The van der Waals surface area contributed by atoms with Gasteiger partial charge in [-0.25, -0.2) is 19.3 Å². The minimum atomic E-state index is -5.94. The number of phosphoric ester groups is 3. The number of carboxylic acids is 1. The lowest BCUT2D eigenvalue weighted by atomic mass is 9.81. The maximum Gasteiger partial charge on any atom is 0.309 e. The average molecular weight is 1130 g/mol. The zero-order valence-corrected chi connectivity index (χ0v) is 45.8. The van der Waals surface area contributed by atoms with Gasteiger partial charge in [0.1, 0.15) is 42.0 Å². The van der Waals surface area contributed by atoms with Crippen molar-refractivity contribution in [1.82, 2.24) is 30.2 Å². The van der Waals surface area contributed by atoms with Crippen LogP contribution in [0.4, 0.5) is 5.82 Å². The van der Waals surface area contributed by atoms with Gasteiger partial charge in [0, 0.05) is 36.8 Å². The Morgan fingerprint density at radius 3 is 2.09 bits per heavy atom. The minimum Gasteiger partial charge on any atom is -0.790 e. The second kappa shape index (κ2) is 27.2. The number of nitrogens with zero attached hydrogens (tertiary/aromatic N) is 4. The van der Waals surface area contributed by atoms with E-state index in [1.54, 1.807) is 0 Å². The van der Waals surface area contributed by atoms with Crippen LogP contribution in [0.1, 0.15) is 135 Å². The number of nitrogens with two attached hydrogens (primary N) is 1. The summed E-state index contributed by atoms with van der Waals surface area (Å²) in [6, 6.07) is 8.52. The number of fused-ring (bicyclic) bond motifs is 1. The number of unbranched alkanes of at least 4 members (excludes halogenated alkanes) is 6. The number of nitrogen functional groups attached to an aromatic ring is 1. The Bertz CT molecular complexity index is 2610. The summed E-state index contributed by atoms with van der Waals surface area (Å²) >= 11 is 0. The molecule has 1 saturated carbocycles. The van der Waals surface area contributed by atoms with Crippen molar-refractivity contribution < 1.29 is 90.4 Å². The molecule has 1 aromatic carbocycles. The van der Waals surface area contributed by atoms with Crippen molar-refractivity contribution in [2.24, 2.45) is 16.2 Å². The van der Waals surface area contributed by atoms with E-state index in [1.807, 2.05) is 13.8 Å². The second-order valence-corrected chi connectivity index (χ2v) is 24.8. The zero-order valence-electron chi connectivity index (χ0n) is 43.1. The van der Waals surface area contributed by atoms with E-state index in [-0.39, 0.29) is 48.7 Å². The highest BCUT2D eigenvalue weighted by atomic mass is 31.3. The number of carboxylic acid groups (broad SMARTS) is 1. The van der Waals surface area contributed by atoms with Crippen LogP contribution in [0.2, 0.25) is 0 Å². The average Bonchev–Trinajstić information content (AvgIpc) is 3.92. The summed E-state index contributed by atoms with van der Waals surface area (Å²) in [7, 11) is -17.7. The Morgan fingerprint density at radius 2 is 1.47 bits per heavy atom. The SMILES string of the molecule is CC(C)(CCCCCCc1ccccc1CCCCCCC1(C(=O)O)CC1)C(=O)CCNC(=O)CCNC(=O)C(O)C(C)(C)COP(=O)([O-])OP(=O)([O-])OCC1OC(n2cnc3c(N)ncnc32)C(O)C1OP(=O)([O-])[O-]. The first-order valence-corrected chi connectivity index (χ1v) is 29.6. The van der Waals surface area contributed by atoms with Gasteiger partial charge in [0.2, 0.25) is 11.8 Å². The topological polar surface area (TPSA) is 412 Å². The Morgan fingerprint density at radius 1 is 0.868 bits per heavy atom. The molecule has 2 aliphatic rings. The van der Waals surface area contributed by atoms with Crippen molar-refractivity contribution in [1.29, 1.82) is 0 Å². The molecule has 1 saturated heterocycles. The number of aliphatic carboxylic acids is 1. The molecule has 26 nitrogen and oxygen atoms in total. The van der Waals surface area contributed by atoms with Crippen molar-refractivity contribution in [2.45, 2.75) is 161 Å². The zero-order chi connectivity index (χ0) is 56.1. The van der Waals surface area contributed by atoms with Gasteiger partial charge in [-0.15, -0.1) is 0 Å². The van der Waals surface area contributed by atoms with Crippen LogP contribution in [0.25, 0.3) is 11.2 Å². The first-order chi connectivity index (χ1) is 35.6. The van der Waals surface area contributed by atoms with Gasteiger partial charge in [-0.2, -0.15) is 0 Å². The van der Waals surface area contributed by atoms with E-state index in [2.05, 4.69) is 67.7 Å². The molecular formula is C47H70N7O19P3-4. The Hall–Kier alpha value is -4.10. The maximum absolute atomic E-state index is 13.1. The van der Waals surface area contributed by atoms with E-state index >= 15 is 0 Å². The van der Waals surface area contributed by atoms with Crippen LogP contribution in [0.3, 0.4) is 0 Å². The van der Waals surface area contributed by atoms with E-state index in [4.69, 9.17) is 10.5 Å². The molecule has 426 valence electrons. The van der Waals surface area contributed by atoms with Crippen molar-refractivity contribution >= 4 is 64.0 Å². The molecule has 3 aromatic rings. The summed E-state index contributed by atoms with van der Waals surface area (Å²) in [5.41, 5.74) is 5.75. The van der Waals surface area contributed by atoms with Crippen molar-refractivity contribution in [2.75, 3.05) is 32.0 Å². The van der Waals surface area contributed by atoms with Crippen LogP contribution in [-0.4, -0.2) is 109 Å². The van der Waals surface area contributed by atoms with E-state index in [0.717, 1.165) is 101 Å². The third-order valence-corrected chi connectivity index (χ3v) is 16.8. The first kappa shape index (κ1) is 62.7. The Balaban J connectivity index is 0.941. The molecular weight excluding hydrogens is 1060 g/mol. The number of aryl methyl sites for hydroxylation is 2. The summed E-state index contributed by atoms with van der Waals surface area (Å²) in [4.78, 5) is 110. The number of carbonyl (C=O) groups is 4. The third kappa shape index (κ3) is 18.8. The molecule has 7 N–H and O–H groups in total. The van der Waals surface area contributed by atoms with Gasteiger partial charge in [0.15, 0.2) is 17.7 Å². The molecule has 0 radical (unpaired) electrons. The first-order valence-electron chi connectivity index (χ1n) is 25.2. The molecule has 3 heterocycles. The van der Waals surface area contributed by atoms with Crippen LogP contribution in [-0.2, 0) is 68.3 Å². The quantitative estimate of drug-likeness (QED) is 0.0364. The number of anilines is 1. The van der Waals surface area contributed by atoms with Crippen molar-refractivity contribution in [3.8, 4) is 0 Å². The van der Waals surface area contributed by atoms with E-state index in [0.29, 0.717) is 6.42 Å². The largest absolute Gasteiger partial charge is 0.790 e. The van der Waals surface area contributed by atoms with Crippen LogP contribution in [0, 0.1) is 16.2 Å². The molecule has 0 bridgehead atoms. The number of aliphatic hydroxyl groups excluding tert-OH is 2. The second-order valence-electron chi connectivity index (χ2n) is 20.7. The summed E-state index contributed by atoms with van der Waals surface area (Å²) in [5.74, 6) is -2.25. The number of hydrogen-bond donors (Lipinski definition) is 6. The standard InChI is InChI=1S/C47H74N7O19P3/c1-45(2,21-13-7-5-9-15-31-17-11-12-18-32(31)16-10-6-8-14-22-47(23-24-47)44(60)61)34(55)19-25-49-35(56)20-26-50-42(59)39(58)46(3,4)28-70-76(67,68)73-75(65,66)69-27-33-38(72-74(62,63)64)37(57)43(71-33)54-30-53-36-40(48)51-29-52-41(36)54/h11-12,17-18,29-30,33,37-39,43,57-58H,5-10,13-16,19-28H2,1-4H3,(H,49,56)(H,50,59)(H,60,61)(H,65,66)(H,67,68)(H2,48,51,52)(H2,62,63,64)/p-4. The summed E-state index contributed by atoms with van der Waals surface area (Å²) < 4.78 is 61.1. The predicted octanol–water partition coefficient (Wildman–Crippen LogP) is 2.41. The van der Waals surface area contributed by atoms with E-state index in [1.165, 1.54) is 25.0 Å². The number of hydrogen-bond acceptors (Lipinski definition) is 22. The fraction of sp³-hybridized carbons (Fsp3) is 0.681. The van der Waals surface area contributed by atoms with Gasteiger partial charge in [-0.05, 0) is 62.5 Å². The maximum atomic E-state index is 13.1. The molecule has 2 amide bonds. The number of ketones is 1. The number of Topliss-reactive ketones (excluding diaryl/α,β-unsaturated/α-hetero) is 1. The molecule has 7 unspecified atom stereocenters. The minimum absolute atomic E-state index is 0.00710. The van der Waals surface area contributed by atoms with Crippen LogP contribution >= 0.6 is 23.5 Å². The highest BCUT2D eigenvalue weighted by molar-refractivity contribution is 7.59. The number of imidazole rings is 1. The number of carbonyl (C=O) groups excluding carboxylic acids is 3. The van der Waals surface area contributed by atoms with Gasteiger partial charge >= 0.3 is 5.97 Å². The molecule has 2 fully saturated rings. The molecule has 7 atom stereocenters. The molecule has 5 rings (SSSR count). The van der Waals surface area contributed by atoms with Crippen molar-refractivity contribution in [3.05, 3.63) is 48.0 Å². The van der Waals surface area contributed by atoms with Crippen LogP contribution in [0.5, 0.6) is 0 Å². The lowest BCUT2D eigenvalue weighted by Crippen LogP contribution is -2.46. The number of amides is 2. The lowest BCUT2D eigenvalue weighted by Gasteiger charge is -2.36. The molecule has 1 aliphatic carbocycles. The van der Waals surface area contributed by atoms with Gasteiger partial charge in [-0.1, -0.05) is 90.5 Å². The van der Waals surface area contributed by atoms with E-state index < -0.39 is 101 Å². The fourth-order valence-corrected chi connectivity index (χ4v) is 11.6. The van der Waals surface area contributed by atoms with Gasteiger partial charge in [0.05, 0.1) is 32.8 Å². The number of rotatable bonds is 35. The number of phosphoric acid groups is 3. The fourth-order valence-electron chi connectivity index (χ4n) is 8.85. The normalized spacial score (nSPS) is 20.7. The highest BCUT2D eigenvalue weighted by Gasteiger charge is 2.49. The van der Waals surface area contributed by atoms with Gasteiger partial charge in [0.25, 0.3) is 15.6 Å². The molecule has 29 heteroatoms. The highest BCUT2D eigenvalue weighted by Crippen LogP contribution is 2.57. The monoisotopic (exact) mass is 1130 g/mol. The lowest BCUT2D eigenvalue weighted by molar-refractivity contribution is -0.347. The van der Waals surface area contributed by atoms with Crippen molar-refractivity contribution in [3.63, 3.8) is 0 Å². The summed E-state index contributed by atoms with van der Waals surface area (Å²) in [6.07, 6.45) is 5.57. The van der Waals surface area contributed by atoms with Gasteiger partial charge < -0.3 is 74.1 Å². The Kier molecular flexibility index (Phi) is 22.4. The number of ether oxygens (including phenoxy) is 1. The Labute approximate surface area is 440 Å². The smallest absolute Gasteiger partial charge is 0.309 e. The van der Waals surface area contributed by atoms with E-state index in [9.17, 15) is 67.8 Å². The third-order valence-electron chi connectivity index (χ3n) is 13.8. The number of aliphatic hydroxyl groups is 2.